The van der Waals surface area contributed by atoms with Crippen LogP contribution in [0.4, 0.5) is 27.9 Å². The van der Waals surface area contributed by atoms with E-state index in [1.54, 1.807) is 24.3 Å². The molecule has 0 atom stereocenters. The molecule has 0 unspecified atom stereocenters. The van der Waals surface area contributed by atoms with Crippen LogP contribution in [0.3, 0.4) is 0 Å². The number of urea groups is 1. The van der Waals surface area contributed by atoms with Crippen LogP contribution in [0.5, 0.6) is 0 Å². The van der Waals surface area contributed by atoms with Crippen LogP contribution < -0.4 is 21.3 Å². The minimum Gasteiger partial charge on any atom is -0.368 e. The van der Waals surface area contributed by atoms with Crippen molar-refractivity contribution in [2.45, 2.75) is 12.8 Å². The highest BCUT2D eigenvalue weighted by Crippen LogP contribution is 2.38. The number of nitrogens with one attached hydrogen (secondary N) is 2. The van der Waals surface area contributed by atoms with Crippen LogP contribution in [-0.4, -0.2) is 54.1 Å². The monoisotopic (exact) mass is 463 g/mol. The van der Waals surface area contributed by atoms with Crippen LogP contribution in [0.1, 0.15) is 11.1 Å². The molecule has 2 aromatic carbocycles. The van der Waals surface area contributed by atoms with Crippen molar-refractivity contribution in [1.82, 2.24) is 14.9 Å². The number of amides is 2. The van der Waals surface area contributed by atoms with E-state index in [-0.39, 0.29) is 6.03 Å². The van der Waals surface area contributed by atoms with Gasteiger partial charge in [-0.2, -0.15) is 4.98 Å². The number of nitrogens with zero attached hydrogens (tertiary/aromatic N) is 4. The van der Waals surface area contributed by atoms with Gasteiger partial charge < -0.3 is 26.2 Å². The number of carbonyl (C=O) groups excluding carboxylic acids is 1. The summed E-state index contributed by atoms with van der Waals surface area (Å²) in [4.78, 5) is 26.3. The van der Waals surface area contributed by atoms with Gasteiger partial charge in [-0.05, 0) is 61.9 Å². The molecule has 0 spiro atoms. The first-order valence-electron chi connectivity index (χ1n) is 11.0. The van der Waals surface area contributed by atoms with Crippen molar-refractivity contribution in [2.75, 3.05) is 54.5 Å². The predicted octanol–water partition coefficient (Wildman–Crippen LogP) is 3.87. The molecule has 1 fully saturated rings. The van der Waals surface area contributed by atoms with E-state index in [0.717, 1.165) is 72.9 Å². The summed E-state index contributed by atoms with van der Waals surface area (Å²) < 4.78 is 0. The third-order valence-corrected chi connectivity index (χ3v) is 6.42. The lowest BCUT2D eigenvalue weighted by Crippen LogP contribution is -2.45. The van der Waals surface area contributed by atoms with Crippen molar-refractivity contribution in [1.29, 1.82) is 0 Å². The Labute approximate surface area is 197 Å². The first-order valence-corrected chi connectivity index (χ1v) is 11.4. The molecule has 1 aliphatic carbocycles. The van der Waals surface area contributed by atoms with Gasteiger partial charge in [0.05, 0.1) is 5.69 Å². The molecule has 9 heteroatoms. The Hall–Kier alpha value is -3.36. The molecule has 0 radical (unpaired) electrons. The molecule has 1 saturated heterocycles. The minimum absolute atomic E-state index is 0.292. The summed E-state index contributed by atoms with van der Waals surface area (Å²) in [5.41, 5.74) is 11.8. The Kier molecular flexibility index (Phi) is 5.78. The smallest absolute Gasteiger partial charge is 0.323 e. The number of piperazine rings is 1. The Bertz CT molecular complexity index is 1190. The second-order valence-electron chi connectivity index (χ2n) is 8.48. The fraction of sp³-hybridized carbons (Fsp3) is 0.292. The number of likely N-dealkylation sites (N-methyl/N-ethyl adjacent to an activating group) is 1. The van der Waals surface area contributed by atoms with Gasteiger partial charge in [-0.25, -0.2) is 9.78 Å². The molecule has 2 amide bonds. The maximum atomic E-state index is 12.4. The van der Waals surface area contributed by atoms with Crippen LogP contribution in [0.25, 0.3) is 11.3 Å². The number of anilines is 4. The van der Waals surface area contributed by atoms with Crippen molar-refractivity contribution < 1.29 is 4.79 Å². The summed E-state index contributed by atoms with van der Waals surface area (Å²) in [5.74, 6) is 1.25. The average Bonchev–Trinajstić information content (AvgIpc) is 2.80. The largest absolute Gasteiger partial charge is 0.368 e. The maximum Gasteiger partial charge on any atom is 0.323 e. The first kappa shape index (κ1) is 21.5. The van der Waals surface area contributed by atoms with E-state index in [1.165, 1.54) is 0 Å². The van der Waals surface area contributed by atoms with Crippen molar-refractivity contribution in [3.8, 4) is 11.3 Å². The van der Waals surface area contributed by atoms with E-state index >= 15 is 0 Å². The topological polar surface area (TPSA) is 99.4 Å². The van der Waals surface area contributed by atoms with Crippen molar-refractivity contribution in [3.05, 3.63) is 58.6 Å². The van der Waals surface area contributed by atoms with Crippen LogP contribution in [0, 0.1) is 0 Å². The number of nitrogens with two attached hydrogens (primary N) is 1. The summed E-state index contributed by atoms with van der Waals surface area (Å²) in [5, 5.41) is 6.34. The lowest BCUT2D eigenvalue weighted by molar-refractivity contribution is 0.262. The van der Waals surface area contributed by atoms with Crippen molar-refractivity contribution >= 4 is 40.8 Å². The molecule has 170 valence electrons. The molecule has 33 heavy (non-hydrogen) atoms. The molecule has 4 N–H and O–H groups in total. The number of fused-ring (bicyclic) bond motifs is 3. The molecule has 2 heterocycles. The Morgan fingerprint density at radius 2 is 1.67 bits per heavy atom. The average molecular weight is 464 g/mol. The number of aryl methyl sites for hydroxylation is 1. The zero-order valence-electron chi connectivity index (χ0n) is 18.4. The Morgan fingerprint density at radius 3 is 2.42 bits per heavy atom. The molecular weight excluding hydrogens is 438 g/mol. The van der Waals surface area contributed by atoms with Gasteiger partial charge in [-0.15, -0.1) is 0 Å². The second-order valence-corrected chi connectivity index (χ2v) is 8.92. The predicted molar refractivity (Wildman–Crippen MR) is 133 cm³/mol. The molecule has 3 aromatic rings. The van der Waals surface area contributed by atoms with Crippen molar-refractivity contribution in [2.24, 2.45) is 0 Å². The van der Waals surface area contributed by atoms with Gasteiger partial charge in [0.25, 0.3) is 0 Å². The molecule has 0 saturated carbocycles. The Balaban J connectivity index is 1.37. The Morgan fingerprint density at radius 1 is 0.970 bits per heavy atom. The zero-order chi connectivity index (χ0) is 22.9. The molecule has 1 aromatic heterocycles. The highest BCUT2D eigenvalue weighted by Gasteiger charge is 2.26. The van der Waals surface area contributed by atoms with Gasteiger partial charge in [-0.3, -0.25) is 0 Å². The third-order valence-electron chi connectivity index (χ3n) is 6.17. The lowest BCUT2D eigenvalue weighted by Gasteiger charge is -2.35. The normalized spacial score (nSPS) is 15.5. The zero-order valence-corrected chi connectivity index (χ0v) is 19.2. The van der Waals surface area contributed by atoms with E-state index in [9.17, 15) is 4.79 Å². The SMILES string of the molecule is CN1CCN(c2nc(N)nc3c2CCc2cc(NC(=O)Nc4ccc(Cl)cc4)ccc2-3)CC1. The number of nitrogen functional groups attached to an aromatic ring is 1. The van der Waals surface area contributed by atoms with Crippen LogP contribution in [-0.2, 0) is 12.8 Å². The van der Waals surface area contributed by atoms with Gasteiger partial charge in [0, 0.05) is 53.7 Å². The van der Waals surface area contributed by atoms with Gasteiger partial charge in [-0.1, -0.05) is 17.7 Å². The fourth-order valence-electron chi connectivity index (χ4n) is 4.42. The quantitative estimate of drug-likeness (QED) is 0.545. The maximum absolute atomic E-state index is 12.4. The number of rotatable bonds is 3. The van der Waals surface area contributed by atoms with Crippen LogP contribution >= 0.6 is 11.6 Å². The minimum atomic E-state index is -0.308. The van der Waals surface area contributed by atoms with Gasteiger partial charge in [0.15, 0.2) is 0 Å². The fourth-order valence-corrected chi connectivity index (χ4v) is 4.54. The van der Waals surface area contributed by atoms with E-state index in [0.29, 0.717) is 16.7 Å². The van der Waals surface area contributed by atoms with E-state index in [4.69, 9.17) is 17.3 Å². The van der Waals surface area contributed by atoms with E-state index < -0.39 is 0 Å². The van der Waals surface area contributed by atoms with E-state index in [1.807, 2.05) is 18.2 Å². The van der Waals surface area contributed by atoms with Gasteiger partial charge >= 0.3 is 6.03 Å². The highest BCUT2D eigenvalue weighted by atomic mass is 35.5. The molecule has 0 bridgehead atoms. The third kappa shape index (κ3) is 4.58. The lowest BCUT2D eigenvalue weighted by atomic mass is 9.88. The molecular formula is C24H26ClN7O. The van der Waals surface area contributed by atoms with Gasteiger partial charge in [0.1, 0.15) is 5.82 Å². The van der Waals surface area contributed by atoms with Crippen LogP contribution in [0.15, 0.2) is 42.5 Å². The standard InChI is InChI=1S/C24H26ClN7O/c1-31-10-12-32(13-11-31)22-20-8-2-15-14-18(7-9-19(15)21(20)29-23(26)30-22)28-24(33)27-17-5-3-16(25)4-6-17/h3-7,9,14H,2,8,10-13H2,1H3,(H2,26,29,30)(H2,27,28,33). The summed E-state index contributed by atoms with van der Waals surface area (Å²) >= 11 is 5.90. The number of aromatic nitrogens is 2. The first-order chi connectivity index (χ1) is 16.0. The number of hydrogen-bond donors (Lipinski definition) is 3. The number of halogens is 1. The summed E-state index contributed by atoms with van der Waals surface area (Å²) in [6, 6.07) is 12.6. The van der Waals surface area contributed by atoms with E-state index in [2.05, 4.69) is 37.4 Å². The molecule has 8 nitrogen and oxygen atoms in total. The molecule has 5 rings (SSSR count). The summed E-state index contributed by atoms with van der Waals surface area (Å²) in [6.07, 6.45) is 1.69. The summed E-state index contributed by atoms with van der Waals surface area (Å²) in [6.45, 7) is 3.86. The van der Waals surface area contributed by atoms with Gasteiger partial charge in [0.2, 0.25) is 5.95 Å². The van der Waals surface area contributed by atoms with Crippen molar-refractivity contribution in [3.63, 3.8) is 0 Å². The molecule has 2 aliphatic rings. The summed E-state index contributed by atoms with van der Waals surface area (Å²) in [7, 11) is 2.14. The molecule has 1 aliphatic heterocycles. The highest BCUT2D eigenvalue weighted by molar-refractivity contribution is 6.30. The van der Waals surface area contributed by atoms with Crippen LogP contribution in [0.2, 0.25) is 5.02 Å². The second kappa shape index (κ2) is 8.88. The number of carbonyl (C=O) groups is 1. The number of benzene rings is 2. The number of hydrogen-bond acceptors (Lipinski definition) is 6.